The molecule has 31 heavy (non-hydrogen) atoms. The van der Waals surface area contributed by atoms with Gasteiger partial charge in [0, 0.05) is 6.54 Å². The molecule has 0 radical (unpaired) electrons. The largest absolute Gasteiger partial charge is 0.418 e. The lowest BCUT2D eigenvalue weighted by molar-refractivity contribution is -0.137. The van der Waals surface area contributed by atoms with Crippen molar-refractivity contribution in [3.8, 4) is 0 Å². The Morgan fingerprint density at radius 2 is 1.90 bits per heavy atom. The van der Waals surface area contributed by atoms with E-state index in [2.05, 4.69) is 34.3 Å². The van der Waals surface area contributed by atoms with Gasteiger partial charge >= 0.3 is 6.18 Å². The van der Waals surface area contributed by atoms with E-state index in [1.165, 1.54) is 30.0 Å². The second kappa shape index (κ2) is 11.0. The van der Waals surface area contributed by atoms with Crippen molar-refractivity contribution >= 4 is 23.4 Å². The highest BCUT2D eigenvalue weighted by atomic mass is 32.2. The Balaban J connectivity index is 2.22. The summed E-state index contributed by atoms with van der Waals surface area (Å²) in [6.45, 7) is 6.54. The molecule has 0 aliphatic heterocycles. The van der Waals surface area contributed by atoms with Crippen LogP contribution in [0.4, 0.5) is 18.9 Å². The molecule has 0 aliphatic rings. The summed E-state index contributed by atoms with van der Waals surface area (Å²) in [6.07, 6.45) is -1.77. The zero-order valence-electron chi connectivity index (χ0n) is 18.5. The molecule has 1 aromatic carbocycles. The number of unbranched alkanes of at least 4 members (excludes halogenated alkanes) is 1. The van der Waals surface area contributed by atoms with Gasteiger partial charge in [0.2, 0.25) is 5.91 Å². The first-order valence-electron chi connectivity index (χ1n) is 10.3. The molecule has 0 saturated heterocycles. The summed E-state index contributed by atoms with van der Waals surface area (Å²) in [5.74, 6) is 0.311. The number of alkyl halides is 3. The zero-order valence-corrected chi connectivity index (χ0v) is 19.3. The molecule has 172 valence electrons. The predicted molar refractivity (Wildman–Crippen MR) is 117 cm³/mol. The molecule has 0 bridgehead atoms. The molecule has 1 N–H and O–H groups in total. The van der Waals surface area contributed by atoms with Crippen LogP contribution in [0.5, 0.6) is 0 Å². The fraction of sp³-hybridized carbons (Fsp3) is 0.571. The van der Waals surface area contributed by atoms with Crippen LogP contribution < -0.4 is 5.32 Å². The van der Waals surface area contributed by atoms with Crippen molar-refractivity contribution in [3.05, 3.63) is 35.7 Å². The second-order valence-corrected chi connectivity index (χ2v) is 8.83. The Morgan fingerprint density at radius 3 is 2.48 bits per heavy atom. The van der Waals surface area contributed by atoms with Crippen LogP contribution in [0.15, 0.2) is 29.4 Å². The number of aromatic nitrogens is 3. The van der Waals surface area contributed by atoms with Crippen molar-refractivity contribution in [2.24, 2.45) is 0 Å². The van der Waals surface area contributed by atoms with Gasteiger partial charge in [-0.2, -0.15) is 13.2 Å². The molecule has 2 aromatic rings. The molecular formula is C21H30F3N5OS. The second-order valence-electron chi connectivity index (χ2n) is 7.53. The minimum absolute atomic E-state index is 0.0847. The number of para-hydroxylation sites is 1. The minimum atomic E-state index is -4.54. The molecule has 1 amide bonds. The van der Waals surface area contributed by atoms with Gasteiger partial charge in [0.25, 0.3) is 0 Å². The first kappa shape index (κ1) is 25.2. The van der Waals surface area contributed by atoms with Crippen LogP contribution in [0.25, 0.3) is 0 Å². The molecule has 0 saturated carbocycles. The molecule has 1 aromatic heterocycles. The van der Waals surface area contributed by atoms with Gasteiger partial charge in [-0.25, -0.2) is 0 Å². The molecule has 10 heteroatoms. The summed E-state index contributed by atoms with van der Waals surface area (Å²) in [5.41, 5.74) is -1.12. The number of anilines is 1. The number of rotatable bonds is 10. The predicted octanol–water partition coefficient (Wildman–Crippen LogP) is 5.23. The molecule has 2 unspecified atom stereocenters. The number of carbonyl (C=O) groups is 1. The van der Waals surface area contributed by atoms with Gasteiger partial charge in [0.1, 0.15) is 0 Å². The fourth-order valence-corrected chi connectivity index (χ4v) is 4.11. The van der Waals surface area contributed by atoms with E-state index in [9.17, 15) is 18.0 Å². The summed E-state index contributed by atoms with van der Waals surface area (Å²) in [5, 5.41) is 11.0. The third-order valence-electron chi connectivity index (χ3n) is 4.93. The van der Waals surface area contributed by atoms with Crippen molar-refractivity contribution in [3.63, 3.8) is 0 Å². The average molecular weight is 458 g/mol. The monoisotopic (exact) mass is 457 g/mol. The first-order chi connectivity index (χ1) is 14.6. The minimum Gasteiger partial charge on any atom is -0.325 e. The van der Waals surface area contributed by atoms with E-state index in [1.807, 2.05) is 18.7 Å². The Hall–Kier alpha value is -2.07. The van der Waals surface area contributed by atoms with E-state index >= 15 is 0 Å². The molecule has 1 heterocycles. The third-order valence-corrected chi connectivity index (χ3v) is 6.01. The van der Waals surface area contributed by atoms with Crippen LogP contribution in [0.2, 0.25) is 0 Å². The topological polar surface area (TPSA) is 63.1 Å². The maximum absolute atomic E-state index is 13.2. The molecule has 0 aliphatic carbocycles. The molecule has 0 fully saturated rings. The molecule has 0 spiro atoms. The van der Waals surface area contributed by atoms with E-state index in [4.69, 9.17) is 0 Å². The van der Waals surface area contributed by atoms with Gasteiger partial charge in [-0.15, -0.1) is 10.2 Å². The first-order valence-corrected chi connectivity index (χ1v) is 11.2. The third kappa shape index (κ3) is 6.46. The summed E-state index contributed by atoms with van der Waals surface area (Å²) in [4.78, 5) is 14.7. The van der Waals surface area contributed by atoms with Crippen LogP contribution in [0, 0.1) is 0 Å². The summed E-state index contributed by atoms with van der Waals surface area (Å²) in [6, 6.07) is 5.04. The van der Waals surface area contributed by atoms with E-state index in [1.54, 1.807) is 6.92 Å². The van der Waals surface area contributed by atoms with Crippen molar-refractivity contribution in [2.45, 2.75) is 69.2 Å². The van der Waals surface area contributed by atoms with Crippen LogP contribution in [-0.4, -0.2) is 44.9 Å². The number of benzene rings is 1. The highest BCUT2D eigenvalue weighted by Crippen LogP contribution is 2.35. The average Bonchev–Trinajstić information content (AvgIpc) is 3.08. The van der Waals surface area contributed by atoms with Gasteiger partial charge < -0.3 is 9.88 Å². The van der Waals surface area contributed by atoms with Crippen molar-refractivity contribution in [2.75, 3.05) is 19.4 Å². The molecule has 2 atom stereocenters. The lowest BCUT2D eigenvalue weighted by atomic mass is 10.1. The van der Waals surface area contributed by atoms with E-state index < -0.39 is 22.9 Å². The highest BCUT2D eigenvalue weighted by molar-refractivity contribution is 8.00. The molecule has 2 rings (SSSR count). The van der Waals surface area contributed by atoms with Gasteiger partial charge in [0.15, 0.2) is 11.0 Å². The zero-order chi connectivity index (χ0) is 23.2. The lowest BCUT2D eigenvalue weighted by Crippen LogP contribution is -2.25. The highest BCUT2D eigenvalue weighted by Gasteiger charge is 2.34. The van der Waals surface area contributed by atoms with Gasteiger partial charge in [-0.05, 0) is 46.0 Å². The number of carbonyl (C=O) groups excluding carboxylic acids is 1. The number of hydrogen-bond donors (Lipinski definition) is 1. The Labute approximate surface area is 185 Å². The van der Waals surface area contributed by atoms with Crippen LogP contribution >= 0.6 is 11.8 Å². The number of amides is 1. The summed E-state index contributed by atoms with van der Waals surface area (Å²) < 4.78 is 41.7. The molecular weight excluding hydrogens is 427 g/mol. The van der Waals surface area contributed by atoms with Crippen molar-refractivity contribution in [1.29, 1.82) is 0 Å². The van der Waals surface area contributed by atoms with E-state index in [0.717, 1.165) is 37.7 Å². The fourth-order valence-electron chi connectivity index (χ4n) is 3.22. The Kier molecular flexibility index (Phi) is 8.93. The number of halogens is 3. The van der Waals surface area contributed by atoms with E-state index in [-0.39, 0.29) is 11.7 Å². The van der Waals surface area contributed by atoms with Gasteiger partial charge in [0.05, 0.1) is 22.5 Å². The van der Waals surface area contributed by atoms with Crippen molar-refractivity contribution < 1.29 is 18.0 Å². The summed E-state index contributed by atoms with van der Waals surface area (Å²) in [7, 11) is 3.96. The van der Waals surface area contributed by atoms with Gasteiger partial charge in [-0.3, -0.25) is 9.69 Å². The van der Waals surface area contributed by atoms with E-state index in [0.29, 0.717) is 5.16 Å². The Morgan fingerprint density at radius 1 is 1.23 bits per heavy atom. The van der Waals surface area contributed by atoms with Crippen molar-refractivity contribution in [1.82, 2.24) is 19.7 Å². The quantitative estimate of drug-likeness (QED) is 0.495. The number of nitrogens with zero attached hydrogens (tertiary/aromatic N) is 4. The number of hydrogen-bond acceptors (Lipinski definition) is 5. The number of nitrogens with one attached hydrogen (secondary N) is 1. The maximum Gasteiger partial charge on any atom is 0.418 e. The number of thioether (sulfide) groups is 1. The van der Waals surface area contributed by atoms with Gasteiger partial charge in [-0.1, -0.05) is 44.2 Å². The van der Waals surface area contributed by atoms with Crippen LogP contribution in [0.1, 0.15) is 57.5 Å². The normalized spacial score (nSPS) is 14.0. The maximum atomic E-state index is 13.2. The summed E-state index contributed by atoms with van der Waals surface area (Å²) >= 11 is 1.20. The smallest absolute Gasteiger partial charge is 0.325 e. The SMILES string of the molecule is CCCCn1c(SC(C)C(=O)Nc2ccccc2C(F)(F)F)nnc1C(CC)N(C)C. The Bertz CT molecular complexity index is 869. The van der Waals surface area contributed by atoms with Crippen LogP contribution in [0.3, 0.4) is 0 Å². The standard InChI is InChI=1S/C21H30F3N5OS/c1-6-8-13-29-18(17(7-2)28(4)5)26-27-20(29)31-14(3)19(30)25-16-12-10-9-11-15(16)21(22,23)24/h9-12,14,17H,6-8,13H2,1-5H3,(H,25,30). The molecule has 6 nitrogen and oxygen atoms in total. The van der Waals surface area contributed by atoms with Crippen LogP contribution in [-0.2, 0) is 17.5 Å². The lowest BCUT2D eigenvalue weighted by Gasteiger charge is -2.23.